The van der Waals surface area contributed by atoms with Gasteiger partial charge in [-0.3, -0.25) is 4.79 Å². The van der Waals surface area contributed by atoms with Crippen LogP contribution in [0.3, 0.4) is 0 Å². The molecule has 108 valence electrons. The Morgan fingerprint density at radius 2 is 1.32 bits per heavy atom. The van der Waals surface area contributed by atoms with E-state index in [0.29, 0.717) is 11.3 Å². The number of hydrogen-bond acceptors (Lipinski definition) is 2. The van der Waals surface area contributed by atoms with Crippen LogP contribution in [-0.4, -0.2) is 5.78 Å². The molecule has 22 heavy (non-hydrogen) atoms. The molecular formula is C19H13IO2. The van der Waals surface area contributed by atoms with Gasteiger partial charge in [0.15, 0.2) is 5.78 Å². The van der Waals surface area contributed by atoms with E-state index >= 15 is 0 Å². The number of hydrogen-bond donors (Lipinski definition) is 0. The van der Waals surface area contributed by atoms with Gasteiger partial charge in [0.2, 0.25) is 0 Å². The molecule has 0 aromatic heterocycles. The molecule has 0 amide bonds. The summed E-state index contributed by atoms with van der Waals surface area (Å²) in [4.78, 5) is 12.5. The molecule has 0 aliphatic carbocycles. The van der Waals surface area contributed by atoms with Crippen LogP contribution in [0.4, 0.5) is 0 Å². The minimum atomic E-state index is 0.0243. The normalized spacial score (nSPS) is 10.2. The summed E-state index contributed by atoms with van der Waals surface area (Å²) in [5, 5.41) is 0. The Labute approximate surface area is 142 Å². The number of para-hydroxylation sites is 1. The lowest BCUT2D eigenvalue weighted by molar-refractivity contribution is 0.103. The first kappa shape index (κ1) is 14.8. The topological polar surface area (TPSA) is 26.3 Å². The molecule has 0 unspecified atom stereocenters. The van der Waals surface area contributed by atoms with Gasteiger partial charge in [-0.15, -0.1) is 0 Å². The third kappa shape index (κ3) is 3.36. The van der Waals surface area contributed by atoms with Gasteiger partial charge in [0.1, 0.15) is 11.5 Å². The first-order chi connectivity index (χ1) is 10.7. The van der Waals surface area contributed by atoms with E-state index in [4.69, 9.17) is 4.74 Å². The third-order valence-corrected chi connectivity index (χ3v) is 4.15. The van der Waals surface area contributed by atoms with Gasteiger partial charge in [-0.05, 0) is 71.1 Å². The van der Waals surface area contributed by atoms with Crippen LogP contribution < -0.4 is 4.74 Å². The van der Waals surface area contributed by atoms with Crippen molar-refractivity contribution in [3.63, 3.8) is 0 Å². The van der Waals surface area contributed by atoms with Gasteiger partial charge in [0.05, 0.1) is 0 Å². The van der Waals surface area contributed by atoms with Gasteiger partial charge in [0, 0.05) is 14.7 Å². The van der Waals surface area contributed by atoms with Gasteiger partial charge in [-0.25, -0.2) is 0 Å². The molecule has 3 aromatic carbocycles. The molecule has 0 spiro atoms. The lowest BCUT2D eigenvalue weighted by Crippen LogP contribution is -2.03. The van der Waals surface area contributed by atoms with Gasteiger partial charge >= 0.3 is 0 Å². The van der Waals surface area contributed by atoms with Crippen molar-refractivity contribution in [3.05, 3.63) is 93.6 Å². The van der Waals surface area contributed by atoms with Crippen molar-refractivity contribution in [2.45, 2.75) is 0 Å². The van der Waals surface area contributed by atoms with E-state index in [1.807, 2.05) is 66.7 Å². The second-order valence-corrected chi connectivity index (χ2v) is 5.91. The molecule has 0 saturated carbocycles. The molecule has 0 N–H and O–H groups in total. The van der Waals surface area contributed by atoms with E-state index in [9.17, 15) is 4.79 Å². The van der Waals surface area contributed by atoms with Crippen molar-refractivity contribution >= 4 is 28.4 Å². The standard InChI is InChI=1S/C19H13IO2/c20-18-9-5-4-8-17(18)19(21)14-10-12-16(13-11-14)22-15-6-2-1-3-7-15/h1-13H. The average Bonchev–Trinajstić information content (AvgIpc) is 2.56. The molecule has 0 bridgehead atoms. The number of ether oxygens (including phenoxy) is 1. The van der Waals surface area contributed by atoms with E-state index in [1.165, 1.54) is 0 Å². The van der Waals surface area contributed by atoms with Crippen LogP contribution in [0.25, 0.3) is 0 Å². The number of rotatable bonds is 4. The number of carbonyl (C=O) groups is 1. The molecule has 3 aromatic rings. The smallest absolute Gasteiger partial charge is 0.194 e. The van der Waals surface area contributed by atoms with Crippen LogP contribution in [0.5, 0.6) is 11.5 Å². The van der Waals surface area contributed by atoms with Crippen LogP contribution in [0.2, 0.25) is 0 Å². The molecule has 0 saturated heterocycles. The Morgan fingerprint density at radius 1 is 0.727 bits per heavy atom. The maximum absolute atomic E-state index is 12.5. The summed E-state index contributed by atoms with van der Waals surface area (Å²) in [6, 6.07) is 24.4. The quantitative estimate of drug-likeness (QED) is 0.438. The molecule has 3 rings (SSSR count). The number of carbonyl (C=O) groups excluding carboxylic acids is 1. The Hall–Kier alpha value is -2.14. The first-order valence-corrected chi connectivity index (χ1v) is 7.94. The summed E-state index contributed by atoms with van der Waals surface area (Å²) in [5.41, 5.74) is 1.38. The average molecular weight is 400 g/mol. The summed E-state index contributed by atoms with van der Waals surface area (Å²) >= 11 is 2.18. The largest absolute Gasteiger partial charge is 0.457 e. The highest BCUT2D eigenvalue weighted by Crippen LogP contribution is 2.23. The fraction of sp³-hybridized carbons (Fsp3) is 0. The zero-order valence-corrected chi connectivity index (χ0v) is 13.9. The fourth-order valence-corrected chi connectivity index (χ4v) is 2.73. The molecule has 2 nitrogen and oxygen atoms in total. The summed E-state index contributed by atoms with van der Waals surface area (Å²) in [5.74, 6) is 1.51. The lowest BCUT2D eigenvalue weighted by Gasteiger charge is -2.07. The van der Waals surface area contributed by atoms with Crippen molar-refractivity contribution in [1.82, 2.24) is 0 Å². The second kappa shape index (κ2) is 6.75. The Bertz CT molecular complexity index is 780. The maximum Gasteiger partial charge on any atom is 0.194 e. The van der Waals surface area contributed by atoms with Crippen LogP contribution in [0, 0.1) is 3.57 Å². The van der Waals surface area contributed by atoms with Crippen molar-refractivity contribution < 1.29 is 9.53 Å². The molecule has 0 aliphatic rings. The van der Waals surface area contributed by atoms with Gasteiger partial charge in [-0.2, -0.15) is 0 Å². The highest BCUT2D eigenvalue weighted by Gasteiger charge is 2.11. The minimum Gasteiger partial charge on any atom is -0.457 e. The highest BCUT2D eigenvalue weighted by atomic mass is 127. The fourth-order valence-electron chi connectivity index (χ4n) is 2.10. The van der Waals surface area contributed by atoms with Crippen LogP contribution >= 0.6 is 22.6 Å². The SMILES string of the molecule is O=C(c1ccc(Oc2ccccc2)cc1)c1ccccc1I. The monoisotopic (exact) mass is 400 g/mol. The van der Waals surface area contributed by atoms with E-state index in [1.54, 1.807) is 12.1 Å². The molecule has 0 radical (unpaired) electrons. The molecule has 0 heterocycles. The summed E-state index contributed by atoms with van der Waals surface area (Å²) in [6.45, 7) is 0. The van der Waals surface area contributed by atoms with Crippen LogP contribution in [-0.2, 0) is 0 Å². The molecule has 0 aliphatic heterocycles. The Morgan fingerprint density at radius 3 is 2.00 bits per heavy atom. The molecular weight excluding hydrogens is 387 g/mol. The van der Waals surface area contributed by atoms with Crippen molar-refractivity contribution in [2.75, 3.05) is 0 Å². The Balaban J connectivity index is 1.80. The maximum atomic E-state index is 12.5. The van der Waals surface area contributed by atoms with Crippen molar-refractivity contribution in [1.29, 1.82) is 0 Å². The van der Waals surface area contributed by atoms with E-state index in [0.717, 1.165) is 14.9 Å². The van der Waals surface area contributed by atoms with E-state index in [2.05, 4.69) is 22.6 Å². The summed E-state index contributed by atoms with van der Waals surface area (Å²) in [6.07, 6.45) is 0. The van der Waals surface area contributed by atoms with Gasteiger partial charge in [-0.1, -0.05) is 30.3 Å². The lowest BCUT2D eigenvalue weighted by atomic mass is 10.0. The number of ketones is 1. The van der Waals surface area contributed by atoms with Crippen molar-refractivity contribution in [3.8, 4) is 11.5 Å². The summed E-state index contributed by atoms with van der Waals surface area (Å²) < 4.78 is 6.68. The predicted octanol–water partition coefficient (Wildman–Crippen LogP) is 5.31. The predicted molar refractivity (Wildman–Crippen MR) is 95.5 cm³/mol. The van der Waals surface area contributed by atoms with Crippen LogP contribution in [0.15, 0.2) is 78.9 Å². The summed E-state index contributed by atoms with van der Waals surface area (Å²) in [7, 11) is 0. The molecule has 0 atom stereocenters. The zero-order chi connectivity index (χ0) is 15.4. The van der Waals surface area contributed by atoms with Crippen LogP contribution in [0.1, 0.15) is 15.9 Å². The van der Waals surface area contributed by atoms with E-state index < -0.39 is 0 Å². The van der Waals surface area contributed by atoms with E-state index in [-0.39, 0.29) is 5.78 Å². The minimum absolute atomic E-state index is 0.0243. The second-order valence-electron chi connectivity index (χ2n) is 4.75. The van der Waals surface area contributed by atoms with Crippen molar-refractivity contribution in [2.24, 2.45) is 0 Å². The van der Waals surface area contributed by atoms with Gasteiger partial charge in [0.25, 0.3) is 0 Å². The van der Waals surface area contributed by atoms with Gasteiger partial charge < -0.3 is 4.74 Å². The zero-order valence-electron chi connectivity index (χ0n) is 11.7. The third-order valence-electron chi connectivity index (χ3n) is 3.21. The number of halogens is 1. The molecule has 3 heteroatoms. The first-order valence-electron chi connectivity index (χ1n) is 6.86. The Kier molecular flexibility index (Phi) is 4.53. The highest BCUT2D eigenvalue weighted by molar-refractivity contribution is 14.1. The number of benzene rings is 3. The molecule has 0 fully saturated rings.